The van der Waals surface area contributed by atoms with Gasteiger partial charge in [0.25, 0.3) is 5.69 Å². The van der Waals surface area contributed by atoms with Gasteiger partial charge in [-0.25, -0.2) is 0 Å². The molecular formula is C17H20N2O2. The van der Waals surface area contributed by atoms with Crippen molar-refractivity contribution in [2.24, 2.45) is 0 Å². The predicted molar refractivity (Wildman–Crippen MR) is 85.8 cm³/mol. The Kier molecular flexibility index (Phi) is 4.26. The molecule has 0 saturated heterocycles. The van der Waals surface area contributed by atoms with Crippen LogP contribution in [0.2, 0.25) is 0 Å². The number of aryl methyl sites for hydroxylation is 3. The molecule has 1 atom stereocenters. The second-order valence-electron chi connectivity index (χ2n) is 5.46. The molecule has 4 heteroatoms. The van der Waals surface area contributed by atoms with Gasteiger partial charge in [-0.1, -0.05) is 12.1 Å². The van der Waals surface area contributed by atoms with E-state index in [4.69, 9.17) is 0 Å². The Morgan fingerprint density at radius 1 is 1.00 bits per heavy atom. The standard InChI is InChI=1S/C17H20N2O2/c1-11-9-13(3)17(10-12(11)2)14(4)18-15-5-7-16(8-6-15)19(20)21/h5-10,14,18H,1-4H3. The van der Waals surface area contributed by atoms with Crippen molar-refractivity contribution in [3.05, 3.63) is 68.8 Å². The second kappa shape index (κ2) is 5.95. The Balaban J connectivity index is 2.19. The number of nitro benzene ring substituents is 1. The zero-order chi connectivity index (χ0) is 15.6. The number of rotatable bonds is 4. The van der Waals surface area contributed by atoms with E-state index < -0.39 is 0 Å². The summed E-state index contributed by atoms with van der Waals surface area (Å²) in [4.78, 5) is 10.3. The van der Waals surface area contributed by atoms with Crippen molar-refractivity contribution < 1.29 is 4.92 Å². The summed E-state index contributed by atoms with van der Waals surface area (Å²) < 4.78 is 0. The van der Waals surface area contributed by atoms with Gasteiger partial charge in [-0.15, -0.1) is 0 Å². The van der Waals surface area contributed by atoms with E-state index in [1.165, 1.54) is 34.4 Å². The molecule has 0 fully saturated rings. The van der Waals surface area contributed by atoms with E-state index in [1.54, 1.807) is 12.1 Å². The van der Waals surface area contributed by atoms with Crippen LogP contribution >= 0.6 is 0 Å². The smallest absolute Gasteiger partial charge is 0.269 e. The summed E-state index contributed by atoms with van der Waals surface area (Å²) in [7, 11) is 0. The molecule has 0 heterocycles. The Morgan fingerprint density at radius 3 is 2.14 bits per heavy atom. The van der Waals surface area contributed by atoms with Gasteiger partial charge in [-0.3, -0.25) is 10.1 Å². The largest absolute Gasteiger partial charge is 0.379 e. The van der Waals surface area contributed by atoms with Gasteiger partial charge in [-0.05, 0) is 62.1 Å². The lowest BCUT2D eigenvalue weighted by Gasteiger charge is -2.19. The molecule has 110 valence electrons. The third kappa shape index (κ3) is 3.40. The van der Waals surface area contributed by atoms with Gasteiger partial charge in [-0.2, -0.15) is 0 Å². The maximum absolute atomic E-state index is 10.7. The van der Waals surface area contributed by atoms with Crippen LogP contribution in [0.15, 0.2) is 36.4 Å². The van der Waals surface area contributed by atoms with Gasteiger partial charge in [0.05, 0.1) is 4.92 Å². The summed E-state index contributed by atoms with van der Waals surface area (Å²) in [5.41, 5.74) is 6.05. The van der Waals surface area contributed by atoms with Crippen LogP contribution in [0, 0.1) is 30.9 Å². The Morgan fingerprint density at radius 2 is 1.57 bits per heavy atom. The lowest BCUT2D eigenvalue weighted by Crippen LogP contribution is -2.09. The fourth-order valence-electron chi connectivity index (χ4n) is 2.46. The molecule has 0 aliphatic rings. The normalized spacial score (nSPS) is 12.0. The monoisotopic (exact) mass is 284 g/mol. The molecule has 0 radical (unpaired) electrons. The van der Waals surface area contributed by atoms with Crippen LogP contribution in [0.3, 0.4) is 0 Å². The highest BCUT2D eigenvalue weighted by atomic mass is 16.6. The lowest BCUT2D eigenvalue weighted by molar-refractivity contribution is -0.384. The maximum atomic E-state index is 10.7. The van der Waals surface area contributed by atoms with E-state index in [1.807, 2.05) is 0 Å². The first kappa shape index (κ1) is 15.0. The molecule has 2 aromatic rings. The van der Waals surface area contributed by atoms with E-state index in [-0.39, 0.29) is 16.7 Å². The first-order chi connectivity index (χ1) is 9.88. The summed E-state index contributed by atoms with van der Waals surface area (Å²) in [6.07, 6.45) is 0. The minimum absolute atomic E-state index is 0.107. The van der Waals surface area contributed by atoms with Gasteiger partial charge in [0.2, 0.25) is 0 Å². The molecule has 2 rings (SSSR count). The van der Waals surface area contributed by atoms with Crippen LogP contribution in [0.1, 0.15) is 35.2 Å². The molecule has 0 aromatic heterocycles. The first-order valence-corrected chi connectivity index (χ1v) is 6.97. The summed E-state index contributed by atoms with van der Waals surface area (Å²) in [5, 5.41) is 14.0. The number of nitrogens with zero attached hydrogens (tertiary/aromatic N) is 1. The number of hydrogen-bond acceptors (Lipinski definition) is 3. The molecule has 0 aliphatic heterocycles. The number of nitro groups is 1. The lowest BCUT2D eigenvalue weighted by atomic mass is 9.96. The van der Waals surface area contributed by atoms with Crippen molar-refractivity contribution in [2.45, 2.75) is 33.7 Å². The molecule has 4 nitrogen and oxygen atoms in total. The minimum atomic E-state index is -0.388. The average molecular weight is 284 g/mol. The van der Waals surface area contributed by atoms with Crippen LogP contribution in [0.25, 0.3) is 0 Å². The van der Waals surface area contributed by atoms with E-state index in [0.717, 1.165) is 5.69 Å². The van der Waals surface area contributed by atoms with E-state index in [9.17, 15) is 10.1 Å². The predicted octanol–water partition coefficient (Wildman–Crippen LogP) is 4.69. The highest BCUT2D eigenvalue weighted by Crippen LogP contribution is 2.25. The Labute approximate surface area is 125 Å². The molecule has 2 aromatic carbocycles. The highest BCUT2D eigenvalue weighted by molar-refractivity contribution is 5.51. The quantitative estimate of drug-likeness (QED) is 0.654. The van der Waals surface area contributed by atoms with Crippen molar-refractivity contribution >= 4 is 11.4 Å². The zero-order valence-electron chi connectivity index (χ0n) is 12.8. The SMILES string of the molecule is Cc1cc(C)c(C(C)Nc2ccc([N+](=O)[O-])cc2)cc1C. The van der Waals surface area contributed by atoms with E-state index >= 15 is 0 Å². The van der Waals surface area contributed by atoms with Crippen LogP contribution in [0.4, 0.5) is 11.4 Å². The molecule has 21 heavy (non-hydrogen) atoms. The van der Waals surface area contributed by atoms with Crippen molar-refractivity contribution in [3.63, 3.8) is 0 Å². The van der Waals surface area contributed by atoms with Gasteiger partial charge < -0.3 is 5.32 Å². The van der Waals surface area contributed by atoms with Crippen LogP contribution < -0.4 is 5.32 Å². The fraction of sp³-hybridized carbons (Fsp3) is 0.294. The molecule has 0 aliphatic carbocycles. The third-order valence-electron chi connectivity index (χ3n) is 3.81. The molecule has 0 spiro atoms. The fourth-order valence-corrected chi connectivity index (χ4v) is 2.46. The van der Waals surface area contributed by atoms with E-state index in [2.05, 4.69) is 45.1 Å². The van der Waals surface area contributed by atoms with Crippen LogP contribution in [-0.4, -0.2) is 4.92 Å². The molecule has 0 bridgehead atoms. The number of non-ortho nitro benzene ring substituents is 1. The van der Waals surface area contributed by atoms with Gasteiger partial charge in [0.15, 0.2) is 0 Å². The average Bonchev–Trinajstić information content (AvgIpc) is 2.43. The van der Waals surface area contributed by atoms with Crippen LogP contribution in [0.5, 0.6) is 0 Å². The Bertz CT molecular complexity index is 663. The number of benzene rings is 2. The number of hydrogen-bond donors (Lipinski definition) is 1. The molecule has 0 amide bonds. The topological polar surface area (TPSA) is 55.2 Å². The summed E-state index contributed by atoms with van der Waals surface area (Å²) in [6.45, 7) is 8.42. The molecule has 1 unspecified atom stereocenters. The van der Waals surface area contributed by atoms with Crippen molar-refractivity contribution in [3.8, 4) is 0 Å². The minimum Gasteiger partial charge on any atom is -0.379 e. The summed E-state index contributed by atoms with van der Waals surface area (Å²) >= 11 is 0. The summed E-state index contributed by atoms with van der Waals surface area (Å²) in [5.74, 6) is 0. The van der Waals surface area contributed by atoms with Gasteiger partial charge in [0, 0.05) is 23.9 Å². The molecular weight excluding hydrogens is 264 g/mol. The van der Waals surface area contributed by atoms with E-state index in [0.29, 0.717) is 0 Å². The number of nitrogens with one attached hydrogen (secondary N) is 1. The zero-order valence-corrected chi connectivity index (χ0v) is 12.8. The maximum Gasteiger partial charge on any atom is 0.269 e. The third-order valence-corrected chi connectivity index (χ3v) is 3.81. The highest BCUT2D eigenvalue weighted by Gasteiger charge is 2.11. The Hall–Kier alpha value is -2.36. The van der Waals surface area contributed by atoms with Crippen LogP contribution in [-0.2, 0) is 0 Å². The second-order valence-corrected chi connectivity index (χ2v) is 5.46. The van der Waals surface area contributed by atoms with Crippen molar-refractivity contribution in [1.29, 1.82) is 0 Å². The van der Waals surface area contributed by atoms with Crippen molar-refractivity contribution in [1.82, 2.24) is 0 Å². The first-order valence-electron chi connectivity index (χ1n) is 6.97. The summed E-state index contributed by atoms with van der Waals surface area (Å²) in [6, 6.07) is 11.1. The van der Waals surface area contributed by atoms with Crippen molar-refractivity contribution in [2.75, 3.05) is 5.32 Å². The molecule has 1 N–H and O–H groups in total. The van der Waals surface area contributed by atoms with Gasteiger partial charge >= 0.3 is 0 Å². The molecule has 0 saturated carbocycles. The number of anilines is 1. The van der Waals surface area contributed by atoms with Gasteiger partial charge in [0.1, 0.15) is 0 Å².